The van der Waals surface area contributed by atoms with Gasteiger partial charge in [0.25, 0.3) is 0 Å². The number of nitrogens with zero attached hydrogens (tertiary/aromatic N) is 1. The van der Waals surface area contributed by atoms with Crippen molar-refractivity contribution in [1.29, 1.82) is 0 Å². The summed E-state index contributed by atoms with van der Waals surface area (Å²) in [5.41, 5.74) is 0.924. The first-order chi connectivity index (χ1) is 9.30. The molecule has 0 aliphatic rings. The Morgan fingerprint density at radius 1 is 1.25 bits per heavy atom. The van der Waals surface area contributed by atoms with Gasteiger partial charge in [-0.1, -0.05) is 23.2 Å². The van der Waals surface area contributed by atoms with Crippen LogP contribution in [0.25, 0.3) is 0 Å². The molecular formula is C12H10BrCl2NO2S2. The van der Waals surface area contributed by atoms with E-state index in [4.69, 9.17) is 23.2 Å². The van der Waals surface area contributed by atoms with Gasteiger partial charge >= 0.3 is 0 Å². The molecule has 0 N–H and O–H groups in total. The number of hydrogen-bond acceptors (Lipinski definition) is 3. The van der Waals surface area contributed by atoms with Crippen LogP contribution in [0, 0.1) is 0 Å². The summed E-state index contributed by atoms with van der Waals surface area (Å²) in [6.07, 6.45) is 0. The number of rotatable bonds is 4. The molecule has 0 fully saturated rings. The summed E-state index contributed by atoms with van der Waals surface area (Å²) in [6.45, 7) is 0.296. The molecule has 0 bridgehead atoms. The minimum Gasteiger partial charge on any atom is -0.207 e. The summed E-state index contributed by atoms with van der Waals surface area (Å²) in [5, 5.41) is 2.46. The molecule has 1 aromatic heterocycles. The van der Waals surface area contributed by atoms with Crippen LogP contribution in [0.3, 0.4) is 0 Å². The van der Waals surface area contributed by atoms with E-state index >= 15 is 0 Å². The van der Waals surface area contributed by atoms with Gasteiger partial charge in [0, 0.05) is 13.6 Å². The lowest BCUT2D eigenvalue weighted by Crippen LogP contribution is -2.26. The van der Waals surface area contributed by atoms with E-state index in [-0.39, 0.29) is 9.92 Å². The predicted octanol–water partition coefficient (Wildman–Crippen LogP) is 4.64. The van der Waals surface area contributed by atoms with Crippen molar-refractivity contribution in [2.24, 2.45) is 0 Å². The predicted molar refractivity (Wildman–Crippen MR) is 87.1 cm³/mol. The third-order valence-electron chi connectivity index (χ3n) is 2.63. The van der Waals surface area contributed by atoms with Gasteiger partial charge in [-0.25, -0.2) is 8.42 Å². The van der Waals surface area contributed by atoms with Crippen molar-refractivity contribution in [1.82, 2.24) is 4.31 Å². The Morgan fingerprint density at radius 3 is 2.50 bits per heavy atom. The zero-order valence-corrected chi connectivity index (χ0v) is 15.0. The average Bonchev–Trinajstić information content (AvgIpc) is 2.78. The van der Waals surface area contributed by atoms with Gasteiger partial charge in [-0.2, -0.15) is 4.31 Å². The Kier molecular flexibility index (Phi) is 5.15. The van der Waals surface area contributed by atoms with Gasteiger partial charge in [0.15, 0.2) is 0 Å². The van der Waals surface area contributed by atoms with Gasteiger partial charge in [0.05, 0.1) is 18.7 Å². The number of thiophene rings is 1. The SMILES string of the molecule is CN(Cc1csc(Br)c1)S(=O)(=O)c1ccc(Cl)c(Cl)c1. The topological polar surface area (TPSA) is 37.4 Å². The average molecular weight is 415 g/mol. The third kappa shape index (κ3) is 3.55. The van der Waals surface area contributed by atoms with Crippen LogP contribution in [0.2, 0.25) is 10.0 Å². The molecule has 0 saturated heterocycles. The van der Waals surface area contributed by atoms with E-state index in [0.29, 0.717) is 11.6 Å². The Labute approximate surface area is 140 Å². The summed E-state index contributed by atoms with van der Waals surface area (Å²) in [4.78, 5) is 0.128. The summed E-state index contributed by atoms with van der Waals surface area (Å²) in [7, 11) is -2.06. The fourth-order valence-electron chi connectivity index (χ4n) is 1.59. The fourth-order valence-corrected chi connectivity index (χ4v) is 4.34. The first-order valence-corrected chi connectivity index (χ1v) is 9.32. The van der Waals surface area contributed by atoms with Crippen molar-refractivity contribution < 1.29 is 8.42 Å². The van der Waals surface area contributed by atoms with Gasteiger partial charge in [-0.3, -0.25) is 0 Å². The molecule has 0 radical (unpaired) electrons. The van der Waals surface area contributed by atoms with Crippen LogP contribution in [-0.2, 0) is 16.6 Å². The van der Waals surface area contributed by atoms with Crippen molar-refractivity contribution in [3.05, 3.63) is 49.0 Å². The van der Waals surface area contributed by atoms with Crippen LogP contribution < -0.4 is 0 Å². The second-order valence-corrected chi connectivity index (χ2v) is 9.25. The quantitative estimate of drug-likeness (QED) is 0.730. The van der Waals surface area contributed by atoms with E-state index in [1.807, 2.05) is 11.4 Å². The Hall–Kier alpha value is -0.110. The second kappa shape index (κ2) is 6.34. The minimum atomic E-state index is -3.59. The summed E-state index contributed by atoms with van der Waals surface area (Å²) >= 11 is 16.5. The molecule has 0 aliphatic carbocycles. The molecule has 1 heterocycles. The smallest absolute Gasteiger partial charge is 0.207 e. The normalized spacial score (nSPS) is 12.1. The number of benzene rings is 1. The lowest BCUT2D eigenvalue weighted by atomic mass is 10.3. The van der Waals surface area contributed by atoms with Crippen LogP contribution in [0.4, 0.5) is 0 Å². The van der Waals surface area contributed by atoms with Crippen molar-refractivity contribution in [3.8, 4) is 0 Å². The highest BCUT2D eigenvalue weighted by Gasteiger charge is 2.22. The number of halogens is 3. The molecular weight excluding hydrogens is 405 g/mol. The highest BCUT2D eigenvalue weighted by molar-refractivity contribution is 9.11. The Balaban J connectivity index is 2.27. The van der Waals surface area contributed by atoms with Crippen LogP contribution in [0.5, 0.6) is 0 Å². The van der Waals surface area contributed by atoms with Gasteiger partial charge in [-0.15, -0.1) is 11.3 Å². The first kappa shape index (κ1) is 16.3. The lowest BCUT2D eigenvalue weighted by Gasteiger charge is -2.16. The molecule has 0 atom stereocenters. The maximum absolute atomic E-state index is 12.4. The summed E-state index contributed by atoms with van der Waals surface area (Å²) in [5.74, 6) is 0. The van der Waals surface area contributed by atoms with Gasteiger partial charge < -0.3 is 0 Å². The zero-order chi connectivity index (χ0) is 14.9. The van der Waals surface area contributed by atoms with Crippen LogP contribution in [-0.4, -0.2) is 19.8 Å². The van der Waals surface area contributed by atoms with E-state index in [9.17, 15) is 8.42 Å². The first-order valence-electron chi connectivity index (χ1n) is 5.45. The van der Waals surface area contributed by atoms with Crippen molar-refractivity contribution >= 4 is 60.5 Å². The lowest BCUT2D eigenvalue weighted by molar-refractivity contribution is 0.467. The maximum atomic E-state index is 12.4. The zero-order valence-electron chi connectivity index (χ0n) is 10.3. The largest absolute Gasteiger partial charge is 0.243 e. The summed E-state index contributed by atoms with van der Waals surface area (Å²) < 4.78 is 27.1. The molecule has 20 heavy (non-hydrogen) atoms. The molecule has 0 amide bonds. The molecule has 108 valence electrons. The molecule has 0 unspecified atom stereocenters. The summed E-state index contributed by atoms with van der Waals surface area (Å²) in [6, 6.07) is 6.18. The highest BCUT2D eigenvalue weighted by atomic mass is 79.9. The molecule has 2 rings (SSSR count). The Morgan fingerprint density at radius 2 is 1.95 bits per heavy atom. The van der Waals surface area contributed by atoms with E-state index in [1.165, 1.54) is 40.9 Å². The fraction of sp³-hybridized carbons (Fsp3) is 0.167. The second-order valence-electron chi connectivity index (χ2n) is 4.10. The minimum absolute atomic E-state index is 0.128. The molecule has 1 aromatic carbocycles. The van der Waals surface area contributed by atoms with E-state index in [0.717, 1.165) is 9.35 Å². The van der Waals surface area contributed by atoms with Gasteiger partial charge in [-0.05, 0) is 51.1 Å². The molecule has 0 saturated carbocycles. The molecule has 0 aliphatic heterocycles. The van der Waals surface area contributed by atoms with Crippen molar-refractivity contribution in [3.63, 3.8) is 0 Å². The van der Waals surface area contributed by atoms with Crippen molar-refractivity contribution in [2.75, 3.05) is 7.05 Å². The Bertz CT molecular complexity index is 731. The van der Waals surface area contributed by atoms with E-state index < -0.39 is 10.0 Å². The van der Waals surface area contributed by atoms with E-state index in [1.54, 1.807) is 0 Å². The van der Waals surface area contributed by atoms with Gasteiger partial charge in [0.2, 0.25) is 10.0 Å². The van der Waals surface area contributed by atoms with Crippen LogP contribution in [0.15, 0.2) is 38.3 Å². The number of sulfonamides is 1. The molecule has 3 nitrogen and oxygen atoms in total. The van der Waals surface area contributed by atoms with Crippen LogP contribution in [0.1, 0.15) is 5.56 Å². The van der Waals surface area contributed by atoms with E-state index in [2.05, 4.69) is 15.9 Å². The number of hydrogen-bond donors (Lipinski definition) is 0. The maximum Gasteiger partial charge on any atom is 0.243 e. The third-order valence-corrected chi connectivity index (χ3v) is 6.72. The standard InChI is InChI=1S/C12H10BrCl2NO2S2/c1-16(6-8-4-12(13)19-7-8)20(17,18)9-2-3-10(14)11(15)5-9/h2-5,7H,6H2,1H3. The monoisotopic (exact) mass is 413 g/mol. The molecule has 2 aromatic rings. The van der Waals surface area contributed by atoms with Gasteiger partial charge in [0.1, 0.15) is 0 Å². The van der Waals surface area contributed by atoms with Crippen LogP contribution >= 0.6 is 50.5 Å². The highest BCUT2D eigenvalue weighted by Crippen LogP contribution is 2.27. The van der Waals surface area contributed by atoms with Crippen molar-refractivity contribution in [2.45, 2.75) is 11.4 Å². The molecule has 0 spiro atoms. The molecule has 8 heteroatoms.